The average Bonchev–Trinajstić information content (AvgIpc) is 3.18. The maximum atomic E-state index is 12.6. The van der Waals surface area contributed by atoms with Crippen LogP contribution in [0.15, 0.2) is 24.0 Å². The van der Waals surface area contributed by atoms with Crippen LogP contribution in [0.3, 0.4) is 0 Å². The van der Waals surface area contributed by atoms with E-state index in [1.807, 2.05) is 0 Å². The van der Waals surface area contributed by atoms with Crippen molar-refractivity contribution in [1.82, 2.24) is 4.90 Å². The highest BCUT2D eigenvalue weighted by molar-refractivity contribution is 6.34. The first-order valence-corrected chi connectivity index (χ1v) is 7.70. The predicted octanol–water partition coefficient (Wildman–Crippen LogP) is 1.52. The van der Waals surface area contributed by atoms with E-state index in [0.29, 0.717) is 23.7 Å². The lowest BCUT2D eigenvalue weighted by atomic mass is 10.0. The second-order valence-corrected chi connectivity index (χ2v) is 5.65. The molecule has 1 unspecified atom stereocenters. The van der Waals surface area contributed by atoms with E-state index in [4.69, 9.17) is 14.2 Å². The molecule has 2 amide bonds. The van der Waals surface area contributed by atoms with E-state index < -0.39 is 17.6 Å². The van der Waals surface area contributed by atoms with E-state index >= 15 is 0 Å². The van der Waals surface area contributed by atoms with Gasteiger partial charge in [0.05, 0.1) is 32.4 Å². The fourth-order valence-corrected chi connectivity index (χ4v) is 2.97. The van der Waals surface area contributed by atoms with Crippen LogP contribution in [-0.2, 0) is 14.3 Å². The lowest BCUT2D eigenvalue weighted by Gasteiger charge is -2.18. The summed E-state index contributed by atoms with van der Waals surface area (Å²) in [4.78, 5) is 25.9. The molecular weight excluding hydrogens is 314 g/mol. The van der Waals surface area contributed by atoms with Crippen molar-refractivity contribution in [2.24, 2.45) is 0 Å². The number of nitrogens with zero attached hydrogens (tertiary/aromatic N) is 1. The zero-order valence-electron chi connectivity index (χ0n) is 13.6. The number of carbonyl (C=O) groups excluding carboxylic acids is 2. The Bertz CT molecular complexity index is 705. The first kappa shape index (κ1) is 16.3. The van der Waals surface area contributed by atoms with Gasteiger partial charge in [-0.05, 0) is 30.5 Å². The lowest BCUT2D eigenvalue weighted by molar-refractivity contribution is -0.139. The Hall–Kier alpha value is -2.54. The van der Waals surface area contributed by atoms with Gasteiger partial charge < -0.3 is 19.3 Å². The molecular formula is C17H19NO6. The molecule has 1 saturated heterocycles. The Balaban J connectivity index is 1.90. The second kappa shape index (κ2) is 6.52. The molecule has 3 rings (SSSR count). The molecule has 128 valence electrons. The highest BCUT2D eigenvalue weighted by Crippen LogP contribution is 2.34. The van der Waals surface area contributed by atoms with Gasteiger partial charge in [0.2, 0.25) is 0 Å². The number of imide groups is 1. The summed E-state index contributed by atoms with van der Waals surface area (Å²) in [7, 11) is 2.98. The van der Waals surface area contributed by atoms with E-state index in [2.05, 4.69) is 0 Å². The van der Waals surface area contributed by atoms with E-state index in [9.17, 15) is 14.7 Å². The van der Waals surface area contributed by atoms with Gasteiger partial charge in [0.25, 0.3) is 11.8 Å². The molecule has 1 N–H and O–H groups in total. The van der Waals surface area contributed by atoms with Crippen molar-refractivity contribution >= 4 is 17.4 Å². The average molecular weight is 333 g/mol. The number of ether oxygens (including phenoxy) is 3. The quantitative estimate of drug-likeness (QED) is 0.823. The largest absolute Gasteiger partial charge is 0.502 e. The molecule has 0 aromatic heterocycles. The smallest absolute Gasteiger partial charge is 0.296 e. The van der Waals surface area contributed by atoms with Crippen LogP contribution in [0.1, 0.15) is 18.4 Å². The van der Waals surface area contributed by atoms with E-state index in [-0.39, 0.29) is 18.2 Å². The fraction of sp³-hybridized carbons (Fsp3) is 0.412. The molecule has 0 aliphatic carbocycles. The summed E-state index contributed by atoms with van der Waals surface area (Å²) >= 11 is 0. The molecule has 2 aliphatic heterocycles. The minimum Gasteiger partial charge on any atom is -0.502 e. The van der Waals surface area contributed by atoms with Gasteiger partial charge >= 0.3 is 0 Å². The zero-order valence-corrected chi connectivity index (χ0v) is 13.6. The molecule has 1 fully saturated rings. The van der Waals surface area contributed by atoms with Crippen LogP contribution in [0.2, 0.25) is 0 Å². The Morgan fingerprint density at radius 1 is 1.21 bits per heavy atom. The first-order valence-electron chi connectivity index (χ1n) is 7.70. The Morgan fingerprint density at radius 2 is 1.96 bits per heavy atom. The van der Waals surface area contributed by atoms with Crippen molar-refractivity contribution < 1.29 is 28.9 Å². The Morgan fingerprint density at radius 3 is 2.58 bits per heavy atom. The number of carbonyl (C=O) groups is 2. The van der Waals surface area contributed by atoms with Crippen molar-refractivity contribution in [3.8, 4) is 11.5 Å². The summed E-state index contributed by atoms with van der Waals surface area (Å²) < 4.78 is 15.8. The van der Waals surface area contributed by atoms with Crippen molar-refractivity contribution in [3.05, 3.63) is 29.5 Å². The van der Waals surface area contributed by atoms with Crippen LogP contribution in [0, 0.1) is 0 Å². The second-order valence-electron chi connectivity index (χ2n) is 5.65. The Kier molecular flexibility index (Phi) is 4.44. The molecule has 1 aromatic rings. The fourth-order valence-electron chi connectivity index (χ4n) is 2.97. The molecule has 7 nitrogen and oxygen atoms in total. The number of benzene rings is 1. The molecule has 0 bridgehead atoms. The van der Waals surface area contributed by atoms with Crippen LogP contribution < -0.4 is 9.47 Å². The van der Waals surface area contributed by atoms with E-state index in [0.717, 1.165) is 17.7 Å². The highest BCUT2D eigenvalue weighted by atomic mass is 16.5. The van der Waals surface area contributed by atoms with Crippen LogP contribution in [-0.4, -0.2) is 55.3 Å². The molecule has 0 saturated carbocycles. The lowest BCUT2D eigenvalue weighted by Crippen LogP contribution is -2.38. The third-order valence-electron chi connectivity index (χ3n) is 4.23. The van der Waals surface area contributed by atoms with Gasteiger partial charge in [0.15, 0.2) is 17.3 Å². The predicted molar refractivity (Wildman–Crippen MR) is 84.8 cm³/mol. The normalized spacial score (nSPS) is 20.9. The van der Waals surface area contributed by atoms with Gasteiger partial charge in [0, 0.05) is 6.61 Å². The standard InChI is InChI=1S/C17H19NO6/c1-22-12-6-5-10(8-13(12)23-2)14-15(19)17(21)18(16(14)20)9-11-4-3-7-24-11/h5-6,8,11,19H,3-4,7,9H2,1-2H3. The molecule has 0 radical (unpaired) electrons. The third kappa shape index (κ3) is 2.71. The van der Waals surface area contributed by atoms with Gasteiger partial charge in [-0.25, -0.2) is 0 Å². The molecule has 1 atom stereocenters. The Labute approximate surface area is 139 Å². The van der Waals surface area contributed by atoms with Crippen LogP contribution in [0.5, 0.6) is 11.5 Å². The van der Waals surface area contributed by atoms with Gasteiger partial charge in [-0.15, -0.1) is 0 Å². The third-order valence-corrected chi connectivity index (χ3v) is 4.23. The van der Waals surface area contributed by atoms with Gasteiger partial charge in [-0.2, -0.15) is 0 Å². The van der Waals surface area contributed by atoms with Crippen LogP contribution in [0.25, 0.3) is 5.57 Å². The van der Waals surface area contributed by atoms with Crippen molar-refractivity contribution in [2.75, 3.05) is 27.4 Å². The topological polar surface area (TPSA) is 85.3 Å². The summed E-state index contributed by atoms with van der Waals surface area (Å²) in [6.07, 6.45) is 1.53. The zero-order chi connectivity index (χ0) is 17.3. The minimum absolute atomic E-state index is 0.0287. The molecule has 1 aromatic carbocycles. The van der Waals surface area contributed by atoms with E-state index in [1.165, 1.54) is 14.2 Å². The molecule has 2 heterocycles. The van der Waals surface area contributed by atoms with Crippen LogP contribution in [0.4, 0.5) is 0 Å². The molecule has 2 aliphatic rings. The number of hydrogen-bond acceptors (Lipinski definition) is 6. The maximum absolute atomic E-state index is 12.6. The van der Waals surface area contributed by atoms with Crippen molar-refractivity contribution in [2.45, 2.75) is 18.9 Å². The minimum atomic E-state index is -0.694. The highest BCUT2D eigenvalue weighted by Gasteiger charge is 2.40. The summed E-state index contributed by atoms with van der Waals surface area (Å²) in [5, 5.41) is 10.2. The number of hydrogen-bond donors (Lipinski definition) is 1. The number of amides is 2. The summed E-state index contributed by atoms with van der Waals surface area (Å²) in [5.74, 6) is -0.867. The van der Waals surface area contributed by atoms with Crippen molar-refractivity contribution in [1.29, 1.82) is 0 Å². The number of aliphatic hydroxyl groups excluding tert-OH is 1. The van der Waals surface area contributed by atoms with Gasteiger partial charge in [0.1, 0.15) is 0 Å². The van der Waals surface area contributed by atoms with Crippen molar-refractivity contribution in [3.63, 3.8) is 0 Å². The monoisotopic (exact) mass is 333 g/mol. The van der Waals surface area contributed by atoms with Gasteiger partial charge in [-0.1, -0.05) is 6.07 Å². The van der Waals surface area contributed by atoms with E-state index in [1.54, 1.807) is 18.2 Å². The SMILES string of the molecule is COc1ccc(C2=C(O)C(=O)N(CC3CCCO3)C2=O)cc1OC. The molecule has 0 spiro atoms. The number of methoxy groups -OCH3 is 2. The summed E-state index contributed by atoms with van der Waals surface area (Å²) in [6, 6.07) is 4.79. The first-order chi connectivity index (χ1) is 11.6. The van der Waals surface area contributed by atoms with Gasteiger partial charge in [-0.3, -0.25) is 14.5 Å². The summed E-state index contributed by atoms with van der Waals surface area (Å²) in [6.45, 7) is 0.779. The molecule has 24 heavy (non-hydrogen) atoms. The number of rotatable bonds is 5. The molecule has 7 heteroatoms. The van der Waals surface area contributed by atoms with Crippen LogP contribution >= 0.6 is 0 Å². The summed E-state index contributed by atoms with van der Waals surface area (Å²) in [5.41, 5.74) is 0.372. The maximum Gasteiger partial charge on any atom is 0.296 e. The number of aliphatic hydroxyl groups is 1.